The van der Waals surface area contributed by atoms with Crippen molar-refractivity contribution in [1.82, 2.24) is 15.5 Å². The van der Waals surface area contributed by atoms with E-state index in [1.165, 1.54) is 24.3 Å². The van der Waals surface area contributed by atoms with Crippen molar-refractivity contribution in [2.45, 2.75) is 16.6 Å². The fourth-order valence-electron chi connectivity index (χ4n) is 3.18. The highest BCUT2D eigenvalue weighted by Crippen LogP contribution is 2.29. The van der Waals surface area contributed by atoms with Crippen LogP contribution >= 0.6 is 11.3 Å². The van der Waals surface area contributed by atoms with Crippen LogP contribution in [0.15, 0.2) is 83.2 Å². The van der Waals surface area contributed by atoms with Gasteiger partial charge in [0, 0.05) is 17.8 Å². The van der Waals surface area contributed by atoms with E-state index in [-0.39, 0.29) is 21.2 Å². The number of hydrogen-bond acceptors (Lipinski definition) is 9. The van der Waals surface area contributed by atoms with Crippen molar-refractivity contribution in [1.29, 1.82) is 0 Å². The Bertz CT molecular complexity index is 1590. The SMILES string of the molecule is CS(=O)(=O)Nc1ccc(Oc2nnc(S(=O)(=O)Cc3ccc(C(=O)NCc4ccccc4)cc3)s2)cc1. The Kier molecular flexibility index (Phi) is 7.86. The van der Waals surface area contributed by atoms with Crippen molar-refractivity contribution in [3.05, 3.63) is 95.6 Å². The van der Waals surface area contributed by atoms with Crippen molar-refractivity contribution >= 4 is 42.8 Å². The molecule has 0 spiro atoms. The van der Waals surface area contributed by atoms with Crippen LogP contribution in [-0.4, -0.2) is 39.2 Å². The fraction of sp³-hybridized carbons (Fsp3) is 0.125. The number of anilines is 1. The molecule has 1 amide bonds. The number of sulfonamides is 1. The van der Waals surface area contributed by atoms with Crippen molar-refractivity contribution in [2.75, 3.05) is 11.0 Å². The lowest BCUT2D eigenvalue weighted by molar-refractivity contribution is 0.0951. The molecule has 4 aromatic rings. The first kappa shape index (κ1) is 26.3. The van der Waals surface area contributed by atoms with Gasteiger partial charge in [-0.2, -0.15) is 0 Å². The van der Waals surface area contributed by atoms with E-state index in [0.29, 0.717) is 29.1 Å². The summed E-state index contributed by atoms with van der Waals surface area (Å²) < 4.78 is 55.9. The highest BCUT2D eigenvalue weighted by molar-refractivity contribution is 7.92. The third-order valence-corrected chi connectivity index (χ3v) is 8.43. The van der Waals surface area contributed by atoms with E-state index in [1.807, 2.05) is 30.3 Å². The zero-order chi connectivity index (χ0) is 26.5. The van der Waals surface area contributed by atoms with Gasteiger partial charge in [-0.15, -0.1) is 5.10 Å². The predicted octanol–water partition coefficient (Wildman–Crippen LogP) is 3.61. The number of aromatic nitrogens is 2. The summed E-state index contributed by atoms with van der Waals surface area (Å²) >= 11 is 0.773. The van der Waals surface area contributed by atoms with Crippen LogP contribution in [0.5, 0.6) is 10.9 Å². The maximum Gasteiger partial charge on any atom is 0.300 e. The van der Waals surface area contributed by atoms with Crippen LogP contribution in [-0.2, 0) is 32.2 Å². The molecule has 3 aromatic carbocycles. The highest BCUT2D eigenvalue weighted by Gasteiger charge is 2.22. The van der Waals surface area contributed by atoms with Gasteiger partial charge < -0.3 is 10.1 Å². The number of nitrogens with one attached hydrogen (secondary N) is 2. The Morgan fingerprint density at radius 2 is 1.54 bits per heavy atom. The minimum Gasteiger partial charge on any atom is -0.430 e. The van der Waals surface area contributed by atoms with Gasteiger partial charge in [0.15, 0.2) is 0 Å². The molecular formula is C24H22N4O6S3. The maximum absolute atomic E-state index is 12.8. The van der Waals surface area contributed by atoms with Crippen LogP contribution in [0.2, 0.25) is 0 Å². The molecule has 0 bridgehead atoms. The van der Waals surface area contributed by atoms with Crippen molar-refractivity contribution in [2.24, 2.45) is 0 Å². The monoisotopic (exact) mass is 558 g/mol. The van der Waals surface area contributed by atoms with Gasteiger partial charge in [0.05, 0.1) is 12.0 Å². The molecule has 1 heterocycles. The van der Waals surface area contributed by atoms with E-state index < -0.39 is 19.9 Å². The molecule has 0 atom stereocenters. The van der Waals surface area contributed by atoms with Crippen LogP contribution in [0.3, 0.4) is 0 Å². The first-order valence-electron chi connectivity index (χ1n) is 10.8. The third kappa shape index (κ3) is 7.59. The molecule has 0 aliphatic heterocycles. The lowest BCUT2D eigenvalue weighted by Gasteiger charge is -2.06. The number of hydrogen-bond donors (Lipinski definition) is 2. The quantitative estimate of drug-likeness (QED) is 0.300. The first-order chi connectivity index (χ1) is 17.6. The van der Waals surface area contributed by atoms with Crippen LogP contribution in [0.25, 0.3) is 0 Å². The van der Waals surface area contributed by atoms with Gasteiger partial charge in [0.1, 0.15) is 5.75 Å². The van der Waals surface area contributed by atoms with Crippen LogP contribution in [0, 0.1) is 0 Å². The molecular weight excluding hydrogens is 536 g/mol. The van der Waals surface area contributed by atoms with Gasteiger partial charge in [-0.05, 0) is 58.9 Å². The van der Waals surface area contributed by atoms with Gasteiger partial charge in [-0.3, -0.25) is 9.52 Å². The average molecular weight is 559 g/mol. The summed E-state index contributed by atoms with van der Waals surface area (Å²) in [5, 5.41) is 10.4. The van der Waals surface area contributed by atoms with E-state index in [4.69, 9.17) is 4.74 Å². The molecule has 37 heavy (non-hydrogen) atoms. The Hall–Kier alpha value is -3.81. The lowest BCUT2D eigenvalue weighted by atomic mass is 10.1. The molecule has 0 aliphatic rings. The molecule has 1 aromatic heterocycles. The molecule has 0 aliphatic carbocycles. The van der Waals surface area contributed by atoms with Crippen molar-refractivity contribution in [3.63, 3.8) is 0 Å². The number of benzene rings is 3. The molecule has 0 fully saturated rings. The Morgan fingerprint density at radius 3 is 2.19 bits per heavy atom. The second-order valence-corrected chi connectivity index (χ2v) is 12.8. The van der Waals surface area contributed by atoms with Crippen molar-refractivity contribution in [3.8, 4) is 10.9 Å². The number of rotatable bonds is 10. The topological polar surface area (TPSA) is 144 Å². The van der Waals surface area contributed by atoms with E-state index in [2.05, 4.69) is 20.2 Å². The minimum atomic E-state index is -3.80. The summed E-state index contributed by atoms with van der Waals surface area (Å²) in [7, 11) is -7.21. The fourth-order valence-corrected chi connectivity index (χ4v) is 6.02. The van der Waals surface area contributed by atoms with E-state index in [0.717, 1.165) is 23.2 Å². The summed E-state index contributed by atoms with van der Waals surface area (Å²) in [6.07, 6.45) is 1.04. The Labute approximate surface area is 218 Å². The largest absolute Gasteiger partial charge is 0.430 e. The summed E-state index contributed by atoms with van der Waals surface area (Å²) in [6.45, 7) is 0.388. The number of nitrogens with zero attached hydrogens (tertiary/aromatic N) is 2. The molecule has 192 valence electrons. The Morgan fingerprint density at radius 1 is 0.865 bits per heavy atom. The van der Waals surface area contributed by atoms with Crippen LogP contribution in [0.4, 0.5) is 5.69 Å². The Balaban J connectivity index is 1.35. The summed E-state index contributed by atoms with van der Waals surface area (Å²) in [6, 6.07) is 21.8. The lowest BCUT2D eigenvalue weighted by Crippen LogP contribution is -2.22. The van der Waals surface area contributed by atoms with E-state index >= 15 is 0 Å². The normalized spacial score (nSPS) is 11.6. The highest BCUT2D eigenvalue weighted by atomic mass is 32.2. The molecule has 13 heteroatoms. The zero-order valence-electron chi connectivity index (χ0n) is 19.5. The van der Waals surface area contributed by atoms with E-state index in [9.17, 15) is 21.6 Å². The summed E-state index contributed by atoms with van der Waals surface area (Å²) in [5.74, 6) is -0.246. The molecule has 4 rings (SSSR count). The number of carbonyl (C=O) groups is 1. The summed E-state index contributed by atoms with van der Waals surface area (Å²) in [4.78, 5) is 12.4. The number of sulfone groups is 1. The van der Waals surface area contributed by atoms with Gasteiger partial charge >= 0.3 is 5.19 Å². The van der Waals surface area contributed by atoms with E-state index in [1.54, 1.807) is 24.3 Å². The van der Waals surface area contributed by atoms with Gasteiger partial charge in [-0.1, -0.05) is 47.6 Å². The second-order valence-electron chi connectivity index (χ2n) is 7.96. The maximum atomic E-state index is 12.8. The first-order valence-corrected chi connectivity index (χ1v) is 15.2. The molecule has 0 unspecified atom stereocenters. The van der Waals surface area contributed by atoms with Gasteiger partial charge in [-0.25, -0.2) is 16.8 Å². The number of carbonyl (C=O) groups excluding carboxylic acids is 1. The van der Waals surface area contributed by atoms with Gasteiger partial charge in [0.25, 0.3) is 5.91 Å². The smallest absolute Gasteiger partial charge is 0.300 e. The predicted molar refractivity (Wildman–Crippen MR) is 140 cm³/mol. The molecule has 10 nitrogen and oxygen atoms in total. The van der Waals surface area contributed by atoms with Crippen molar-refractivity contribution < 1.29 is 26.4 Å². The number of amides is 1. The van der Waals surface area contributed by atoms with Gasteiger partial charge in [0.2, 0.25) is 24.2 Å². The molecule has 2 N–H and O–H groups in total. The van der Waals surface area contributed by atoms with Crippen LogP contribution in [0.1, 0.15) is 21.5 Å². The average Bonchev–Trinajstić information content (AvgIpc) is 3.33. The minimum absolute atomic E-state index is 0.0211. The summed E-state index contributed by atoms with van der Waals surface area (Å²) in [5.41, 5.74) is 2.24. The molecule has 0 saturated carbocycles. The zero-order valence-corrected chi connectivity index (χ0v) is 21.9. The molecule has 0 saturated heterocycles. The third-order valence-electron chi connectivity index (χ3n) is 4.89. The number of ether oxygens (including phenoxy) is 1. The second kappa shape index (κ2) is 11.1. The standard InChI is InChI=1S/C24H22N4O6S3/c1-36(30,31)28-20-11-13-21(14-12-20)34-23-26-27-24(35-23)37(32,33)16-18-7-9-19(10-8-18)22(29)25-15-17-5-3-2-4-6-17/h2-14,28H,15-16H2,1H3,(H,25,29). The molecule has 0 radical (unpaired) electrons. The van der Waals surface area contributed by atoms with Crippen LogP contribution < -0.4 is 14.8 Å².